The van der Waals surface area contributed by atoms with Crippen molar-refractivity contribution in [1.82, 2.24) is 9.88 Å². The molecule has 1 saturated heterocycles. The van der Waals surface area contributed by atoms with Crippen LogP contribution in [0.5, 0.6) is 0 Å². The molecule has 1 aliphatic rings. The molecule has 1 fully saturated rings. The van der Waals surface area contributed by atoms with E-state index >= 15 is 0 Å². The summed E-state index contributed by atoms with van der Waals surface area (Å²) in [4.78, 5) is 19.1. The number of amides is 1. The van der Waals surface area contributed by atoms with Gasteiger partial charge in [-0.2, -0.15) is 26.3 Å². The van der Waals surface area contributed by atoms with E-state index in [0.717, 1.165) is 18.2 Å². The molecule has 0 N–H and O–H groups in total. The molecule has 10 heteroatoms. The number of carbonyl (C=O) groups is 1. The van der Waals surface area contributed by atoms with Gasteiger partial charge in [0.15, 0.2) is 0 Å². The molecule has 0 unspecified atom stereocenters. The molecule has 1 aliphatic heterocycles. The second-order valence-electron chi connectivity index (χ2n) is 6.64. The Morgan fingerprint density at radius 3 is 2.10 bits per heavy atom. The van der Waals surface area contributed by atoms with Crippen LogP contribution >= 0.6 is 0 Å². The van der Waals surface area contributed by atoms with Crippen LogP contribution in [0.2, 0.25) is 0 Å². The van der Waals surface area contributed by atoms with E-state index in [0.29, 0.717) is 5.56 Å². The zero-order chi connectivity index (χ0) is 21.9. The lowest BCUT2D eigenvalue weighted by molar-refractivity contribution is -0.138. The fourth-order valence-electron chi connectivity index (χ4n) is 3.07. The van der Waals surface area contributed by atoms with Gasteiger partial charge in [-0.1, -0.05) is 12.1 Å². The first-order valence-corrected chi connectivity index (χ1v) is 8.97. The van der Waals surface area contributed by atoms with Gasteiger partial charge in [-0.05, 0) is 35.9 Å². The lowest BCUT2D eigenvalue weighted by Crippen LogP contribution is -2.49. The predicted molar refractivity (Wildman–Crippen MR) is 98.5 cm³/mol. The Hall–Kier alpha value is -3.04. The molecule has 0 bridgehead atoms. The van der Waals surface area contributed by atoms with E-state index in [1.807, 2.05) is 0 Å². The van der Waals surface area contributed by atoms with E-state index in [4.69, 9.17) is 0 Å². The van der Waals surface area contributed by atoms with Crippen LogP contribution in [-0.4, -0.2) is 42.0 Å². The molecule has 3 rings (SSSR count). The number of rotatable bonds is 3. The largest absolute Gasteiger partial charge is 0.419 e. The van der Waals surface area contributed by atoms with Gasteiger partial charge in [-0.25, -0.2) is 4.98 Å². The fraction of sp³-hybridized carbons (Fsp3) is 0.300. The third-order valence-corrected chi connectivity index (χ3v) is 4.64. The SMILES string of the molecule is O=C(/C=C/c1ccc(C(F)(F)F)cc1)N1CCN(c2ncccc2C(F)(F)F)CC1. The molecular formula is C20H17F6N3O. The minimum Gasteiger partial charge on any atom is -0.353 e. The summed E-state index contributed by atoms with van der Waals surface area (Å²) in [5, 5.41) is 0. The van der Waals surface area contributed by atoms with Gasteiger partial charge < -0.3 is 9.80 Å². The number of benzene rings is 1. The summed E-state index contributed by atoms with van der Waals surface area (Å²) in [5.41, 5.74) is -1.18. The number of nitrogens with zero attached hydrogens (tertiary/aromatic N) is 3. The van der Waals surface area contributed by atoms with Crippen molar-refractivity contribution in [2.24, 2.45) is 0 Å². The summed E-state index contributed by atoms with van der Waals surface area (Å²) in [7, 11) is 0. The summed E-state index contributed by atoms with van der Waals surface area (Å²) >= 11 is 0. The second kappa shape index (κ2) is 8.37. The number of carbonyl (C=O) groups excluding carboxylic acids is 1. The number of hydrogen-bond donors (Lipinski definition) is 0. The molecule has 1 aromatic heterocycles. The number of alkyl halides is 6. The fourth-order valence-corrected chi connectivity index (χ4v) is 3.07. The van der Waals surface area contributed by atoms with E-state index in [1.54, 1.807) is 0 Å². The summed E-state index contributed by atoms with van der Waals surface area (Å²) in [5.74, 6) is -0.538. The predicted octanol–water partition coefficient (Wildman–Crippen LogP) is 4.48. The number of anilines is 1. The third kappa shape index (κ3) is 5.11. The number of pyridine rings is 1. The van der Waals surface area contributed by atoms with Gasteiger partial charge in [-0.15, -0.1) is 0 Å². The molecule has 4 nitrogen and oxygen atoms in total. The van der Waals surface area contributed by atoms with Gasteiger partial charge >= 0.3 is 12.4 Å². The van der Waals surface area contributed by atoms with Crippen LogP contribution < -0.4 is 4.90 Å². The molecule has 0 atom stereocenters. The van der Waals surface area contributed by atoms with Crippen molar-refractivity contribution >= 4 is 17.8 Å². The van der Waals surface area contributed by atoms with Crippen LogP contribution in [0.3, 0.4) is 0 Å². The Morgan fingerprint density at radius 1 is 0.900 bits per heavy atom. The number of halogens is 6. The van der Waals surface area contributed by atoms with Crippen molar-refractivity contribution < 1.29 is 31.1 Å². The van der Waals surface area contributed by atoms with Crippen LogP contribution in [-0.2, 0) is 17.1 Å². The van der Waals surface area contributed by atoms with Crippen LogP contribution in [0.1, 0.15) is 16.7 Å². The van der Waals surface area contributed by atoms with E-state index in [2.05, 4.69) is 4.98 Å². The molecule has 0 saturated carbocycles. The highest BCUT2D eigenvalue weighted by atomic mass is 19.4. The molecule has 30 heavy (non-hydrogen) atoms. The van der Waals surface area contributed by atoms with Crippen LogP contribution in [0.25, 0.3) is 6.08 Å². The van der Waals surface area contributed by atoms with Crippen molar-refractivity contribution in [2.45, 2.75) is 12.4 Å². The molecule has 160 valence electrons. The van der Waals surface area contributed by atoms with Crippen molar-refractivity contribution in [3.8, 4) is 0 Å². The average molecular weight is 429 g/mol. The highest BCUT2D eigenvalue weighted by molar-refractivity contribution is 5.92. The Morgan fingerprint density at radius 2 is 1.53 bits per heavy atom. The standard InChI is InChI=1S/C20H17F6N3O/c21-19(22,23)15-6-3-14(4-7-15)5-8-17(30)28-10-12-29(13-11-28)18-16(20(24,25)26)2-1-9-27-18/h1-9H,10-13H2/b8-5+. The van der Waals surface area contributed by atoms with Crippen molar-refractivity contribution in [3.05, 3.63) is 65.4 Å². The lowest BCUT2D eigenvalue weighted by atomic mass is 10.1. The average Bonchev–Trinajstić information content (AvgIpc) is 2.71. The Labute approximate surface area is 168 Å². The van der Waals surface area contributed by atoms with Crippen LogP contribution in [0, 0.1) is 0 Å². The molecule has 0 aliphatic carbocycles. The first kappa shape index (κ1) is 21.7. The first-order chi connectivity index (χ1) is 14.1. The highest BCUT2D eigenvalue weighted by Gasteiger charge is 2.36. The second-order valence-corrected chi connectivity index (χ2v) is 6.64. The minimum absolute atomic E-state index is 0.169. The van der Waals surface area contributed by atoms with Gasteiger partial charge in [0.1, 0.15) is 5.82 Å². The van der Waals surface area contributed by atoms with Gasteiger partial charge in [0, 0.05) is 38.5 Å². The van der Waals surface area contributed by atoms with E-state index < -0.39 is 23.5 Å². The smallest absolute Gasteiger partial charge is 0.353 e. The van der Waals surface area contributed by atoms with Gasteiger partial charge in [0.05, 0.1) is 11.1 Å². The zero-order valence-corrected chi connectivity index (χ0v) is 15.5. The normalized spacial score (nSPS) is 15.7. The van der Waals surface area contributed by atoms with Gasteiger partial charge in [0.2, 0.25) is 5.91 Å². The molecule has 0 radical (unpaired) electrons. The molecule has 2 aromatic rings. The lowest BCUT2D eigenvalue weighted by Gasteiger charge is -2.35. The molecule has 0 spiro atoms. The Bertz CT molecular complexity index is 913. The zero-order valence-electron chi connectivity index (χ0n) is 15.5. The summed E-state index contributed by atoms with van der Waals surface area (Å²) in [6.07, 6.45) is -5.04. The van der Waals surface area contributed by atoms with Crippen molar-refractivity contribution in [2.75, 3.05) is 31.1 Å². The van der Waals surface area contributed by atoms with E-state index in [-0.39, 0.29) is 37.9 Å². The van der Waals surface area contributed by atoms with Gasteiger partial charge in [0.25, 0.3) is 0 Å². The first-order valence-electron chi connectivity index (χ1n) is 8.97. The van der Waals surface area contributed by atoms with Crippen LogP contribution in [0.4, 0.5) is 32.2 Å². The van der Waals surface area contributed by atoms with Crippen molar-refractivity contribution in [1.29, 1.82) is 0 Å². The minimum atomic E-state index is -4.53. The summed E-state index contributed by atoms with van der Waals surface area (Å²) in [6, 6.07) is 6.54. The maximum atomic E-state index is 13.2. The number of aromatic nitrogens is 1. The monoisotopic (exact) mass is 429 g/mol. The third-order valence-electron chi connectivity index (χ3n) is 4.64. The Balaban J connectivity index is 1.60. The summed E-state index contributed by atoms with van der Waals surface area (Å²) < 4.78 is 77.2. The molecule has 2 heterocycles. The molecule has 1 amide bonds. The molecule has 1 aromatic carbocycles. The highest BCUT2D eigenvalue weighted by Crippen LogP contribution is 2.35. The number of piperazine rings is 1. The summed E-state index contributed by atoms with van der Waals surface area (Å²) in [6.45, 7) is 0.758. The van der Waals surface area contributed by atoms with Crippen molar-refractivity contribution in [3.63, 3.8) is 0 Å². The maximum absolute atomic E-state index is 13.2. The van der Waals surface area contributed by atoms with Crippen LogP contribution in [0.15, 0.2) is 48.7 Å². The van der Waals surface area contributed by atoms with Gasteiger partial charge in [-0.3, -0.25) is 4.79 Å². The van der Waals surface area contributed by atoms with E-state index in [1.165, 1.54) is 46.3 Å². The number of hydrogen-bond acceptors (Lipinski definition) is 3. The maximum Gasteiger partial charge on any atom is 0.419 e. The van der Waals surface area contributed by atoms with E-state index in [9.17, 15) is 31.1 Å². The quantitative estimate of drug-likeness (QED) is 0.533. The Kier molecular flexibility index (Phi) is 6.04. The molecular weight excluding hydrogens is 412 g/mol. The topological polar surface area (TPSA) is 36.4 Å².